The average Bonchev–Trinajstić information content (AvgIpc) is 3.07. The molecule has 0 unspecified atom stereocenters. The third kappa shape index (κ3) is 3.83. The highest BCUT2D eigenvalue weighted by Gasteiger charge is 2.19. The maximum atomic E-state index is 12.6. The van der Waals surface area contributed by atoms with Gasteiger partial charge in [-0.25, -0.2) is 0 Å². The lowest BCUT2D eigenvalue weighted by Crippen LogP contribution is -2.28. The molecule has 1 N–H and O–H groups in total. The average molecular weight is 377 g/mol. The Labute approximate surface area is 155 Å². The Balaban J connectivity index is 1.77. The third-order valence-corrected chi connectivity index (χ3v) is 4.00. The number of anilines is 1. The third-order valence-electron chi connectivity index (χ3n) is 3.69. The van der Waals surface area contributed by atoms with E-state index in [4.69, 9.17) is 25.8 Å². The molecule has 2 amide bonds. The van der Waals surface area contributed by atoms with Gasteiger partial charge in [0.25, 0.3) is 11.8 Å². The summed E-state index contributed by atoms with van der Waals surface area (Å²) in [6.07, 6.45) is 0. The number of halogens is 1. The molecule has 2 aromatic carbocycles. The van der Waals surface area contributed by atoms with E-state index >= 15 is 0 Å². The lowest BCUT2D eigenvalue weighted by Gasteiger charge is -2.14. The zero-order valence-electron chi connectivity index (χ0n) is 14.2. The van der Waals surface area contributed by atoms with E-state index in [0.29, 0.717) is 28.0 Å². The number of nitrogens with zero attached hydrogens (tertiary/aromatic N) is 1. The first-order valence-electron chi connectivity index (χ1n) is 7.78. The molecule has 0 saturated carbocycles. The Bertz CT molecular complexity index is 853. The molecule has 0 spiro atoms. The predicted molar refractivity (Wildman–Crippen MR) is 96.2 cm³/mol. The minimum absolute atomic E-state index is 0.111. The second-order valence-corrected chi connectivity index (χ2v) is 6.12. The molecule has 1 heterocycles. The van der Waals surface area contributed by atoms with Gasteiger partial charge in [0, 0.05) is 26.2 Å². The number of likely N-dealkylation sites (N-methyl/N-ethyl adjacent to an activating group) is 1. The molecule has 2 aromatic rings. The highest BCUT2D eigenvalue weighted by molar-refractivity contribution is 6.34. The van der Waals surface area contributed by atoms with Gasteiger partial charge in [-0.15, -0.1) is 0 Å². The largest absolute Gasteiger partial charge is 0.483 e. The van der Waals surface area contributed by atoms with Crippen LogP contribution in [-0.2, 0) is 4.79 Å². The fourth-order valence-electron chi connectivity index (χ4n) is 2.25. The molecule has 0 atom stereocenters. The minimum atomic E-state index is -0.418. The number of fused-ring (bicyclic) bond motifs is 1. The molecule has 0 saturated heterocycles. The summed E-state index contributed by atoms with van der Waals surface area (Å²) < 4.78 is 16.0. The van der Waals surface area contributed by atoms with Gasteiger partial charge < -0.3 is 24.4 Å². The van der Waals surface area contributed by atoms with Crippen LogP contribution in [0.25, 0.3) is 0 Å². The zero-order chi connectivity index (χ0) is 18.7. The summed E-state index contributed by atoms with van der Waals surface area (Å²) in [6.45, 7) is -0.0539. The number of carbonyl (C=O) groups excluding carboxylic acids is 2. The number of rotatable bonds is 5. The lowest BCUT2D eigenvalue weighted by atomic mass is 10.1. The number of carbonyl (C=O) groups is 2. The quantitative estimate of drug-likeness (QED) is 0.868. The van der Waals surface area contributed by atoms with Gasteiger partial charge in [0.1, 0.15) is 5.75 Å². The van der Waals surface area contributed by atoms with E-state index in [2.05, 4.69) is 5.32 Å². The molecule has 0 radical (unpaired) electrons. The van der Waals surface area contributed by atoms with Crippen LogP contribution in [0.2, 0.25) is 5.02 Å². The molecule has 26 heavy (non-hydrogen) atoms. The smallest absolute Gasteiger partial charge is 0.259 e. The van der Waals surface area contributed by atoms with Crippen molar-refractivity contribution in [2.75, 3.05) is 32.8 Å². The molecular weight excluding hydrogens is 360 g/mol. The first kappa shape index (κ1) is 17.9. The van der Waals surface area contributed by atoms with E-state index in [1.807, 2.05) is 0 Å². The molecule has 3 rings (SSSR count). The predicted octanol–water partition coefficient (Wildman–Crippen LogP) is 2.79. The van der Waals surface area contributed by atoms with Gasteiger partial charge in [-0.05, 0) is 12.1 Å². The van der Waals surface area contributed by atoms with Crippen LogP contribution in [0.4, 0.5) is 5.69 Å². The van der Waals surface area contributed by atoms with Crippen molar-refractivity contribution in [2.45, 2.75) is 0 Å². The van der Waals surface area contributed by atoms with Crippen molar-refractivity contribution in [3.05, 3.63) is 47.0 Å². The normalized spacial score (nSPS) is 11.8. The lowest BCUT2D eigenvalue weighted by molar-refractivity contribution is -0.130. The van der Waals surface area contributed by atoms with Crippen LogP contribution >= 0.6 is 11.6 Å². The number of ether oxygens (including phenoxy) is 3. The summed E-state index contributed by atoms with van der Waals surface area (Å²) in [5.74, 6) is 0.708. The summed E-state index contributed by atoms with van der Waals surface area (Å²) in [4.78, 5) is 25.8. The SMILES string of the molecule is CN(C)C(=O)COc1ccccc1C(=O)Nc1cc2c(cc1Cl)OCO2. The van der Waals surface area contributed by atoms with E-state index in [0.717, 1.165) is 0 Å². The number of nitrogens with one attached hydrogen (secondary N) is 1. The Kier molecular flexibility index (Phi) is 5.18. The van der Waals surface area contributed by atoms with E-state index in [1.165, 1.54) is 4.90 Å². The molecule has 136 valence electrons. The number of para-hydroxylation sites is 1. The molecule has 1 aliphatic rings. The zero-order valence-corrected chi connectivity index (χ0v) is 15.0. The number of benzene rings is 2. The molecular formula is C18H17ClN2O5. The summed E-state index contributed by atoms with van der Waals surface area (Å²) in [6, 6.07) is 9.83. The van der Waals surface area contributed by atoms with Crippen molar-refractivity contribution >= 4 is 29.1 Å². The fraction of sp³-hybridized carbons (Fsp3) is 0.222. The minimum Gasteiger partial charge on any atom is -0.483 e. The van der Waals surface area contributed by atoms with E-state index in [1.54, 1.807) is 50.5 Å². The van der Waals surface area contributed by atoms with Gasteiger partial charge in [0.05, 0.1) is 16.3 Å². The Hall–Kier alpha value is -2.93. The van der Waals surface area contributed by atoms with Crippen LogP contribution in [-0.4, -0.2) is 44.2 Å². The van der Waals surface area contributed by atoms with Crippen LogP contribution in [0.5, 0.6) is 17.2 Å². The maximum Gasteiger partial charge on any atom is 0.259 e. The first-order valence-corrected chi connectivity index (χ1v) is 8.16. The van der Waals surface area contributed by atoms with E-state index in [-0.39, 0.29) is 24.9 Å². The van der Waals surface area contributed by atoms with Crippen molar-refractivity contribution in [1.82, 2.24) is 4.90 Å². The van der Waals surface area contributed by atoms with Gasteiger partial charge >= 0.3 is 0 Å². The molecule has 0 fully saturated rings. The fourth-order valence-corrected chi connectivity index (χ4v) is 2.45. The Morgan fingerprint density at radius 3 is 2.62 bits per heavy atom. The van der Waals surface area contributed by atoms with E-state index < -0.39 is 5.91 Å². The van der Waals surface area contributed by atoms with Crippen LogP contribution in [0.1, 0.15) is 10.4 Å². The molecule has 7 nitrogen and oxygen atoms in total. The van der Waals surface area contributed by atoms with Gasteiger partial charge in [-0.1, -0.05) is 23.7 Å². The molecule has 8 heteroatoms. The van der Waals surface area contributed by atoms with Crippen LogP contribution in [0, 0.1) is 0 Å². The second kappa shape index (κ2) is 7.53. The van der Waals surface area contributed by atoms with Crippen LogP contribution in [0.15, 0.2) is 36.4 Å². The highest BCUT2D eigenvalue weighted by Crippen LogP contribution is 2.39. The van der Waals surface area contributed by atoms with Crippen molar-refractivity contribution < 1.29 is 23.8 Å². The highest BCUT2D eigenvalue weighted by atomic mass is 35.5. The summed E-state index contributed by atoms with van der Waals surface area (Å²) >= 11 is 6.19. The number of hydrogen-bond donors (Lipinski definition) is 1. The summed E-state index contributed by atoms with van der Waals surface area (Å²) in [5, 5.41) is 3.05. The topological polar surface area (TPSA) is 77.1 Å². The van der Waals surface area contributed by atoms with Gasteiger partial charge in [0.15, 0.2) is 18.1 Å². The van der Waals surface area contributed by atoms with Crippen molar-refractivity contribution in [3.8, 4) is 17.2 Å². The molecule has 0 bridgehead atoms. The van der Waals surface area contributed by atoms with Crippen LogP contribution < -0.4 is 19.5 Å². The maximum absolute atomic E-state index is 12.6. The number of hydrogen-bond acceptors (Lipinski definition) is 5. The monoisotopic (exact) mass is 376 g/mol. The molecule has 1 aliphatic heterocycles. The van der Waals surface area contributed by atoms with E-state index in [9.17, 15) is 9.59 Å². The van der Waals surface area contributed by atoms with Gasteiger partial charge in [0.2, 0.25) is 6.79 Å². The number of amides is 2. The second-order valence-electron chi connectivity index (χ2n) is 5.71. The Morgan fingerprint density at radius 1 is 1.19 bits per heavy atom. The van der Waals surface area contributed by atoms with Crippen LogP contribution in [0.3, 0.4) is 0 Å². The van der Waals surface area contributed by atoms with Crippen molar-refractivity contribution in [2.24, 2.45) is 0 Å². The first-order chi connectivity index (χ1) is 12.5. The van der Waals surface area contributed by atoms with Gasteiger partial charge in [-0.3, -0.25) is 9.59 Å². The summed E-state index contributed by atoms with van der Waals surface area (Å²) in [7, 11) is 3.26. The molecule has 0 aliphatic carbocycles. The van der Waals surface area contributed by atoms with Crippen molar-refractivity contribution in [3.63, 3.8) is 0 Å². The van der Waals surface area contributed by atoms with Gasteiger partial charge in [-0.2, -0.15) is 0 Å². The standard InChI is InChI=1S/C18H17ClN2O5/c1-21(2)17(22)9-24-14-6-4-3-5-11(14)18(23)20-13-8-16-15(7-12(13)19)25-10-26-16/h3-8H,9-10H2,1-2H3,(H,20,23). The Morgan fingerprint density at radius 2 is 1.88 bits per heavy atom. The summed E-state index contributed by atoms with van der Waals surface area (Å²) in [5.41, 5.74) is 0.674. The molecule has 0 aromatic heterocycles. The van der Waals surface area contributed by atoms with Crippen molar-refractivity contribution in [1.29, 1.82) is 0 Å².